The monoisotopic (exact) mass is 310 g/mol. The molecule has 3 N–H and O–H groups in total. The van der Waals surface area contributed by atoms with Gasteiger partial charge in [0.2, 0.25) is 0 Å². The number of halogens is 1. The highest BCUT2D eigenvalue weighted by molar-refractivity contribution is 9.10. The number of rotatable bonds is 5. The largest absolute Gasteiger partial charge is 0.328 e. The normalized spacial score (nSPS) is 23.8. The van der Waals surface area contributed by atoms with E-state index in [4.69, 9.17) is 5.73 Å². The lowest BCUT2D eigenvalue weighted by atomic mass is 9.80. The van der Waals surface area contributed by atoms with Gasteiger partial charge in [0.1, 0.15) is 0 Å². The van der Waals surface area contributed by atoms with E-state index in [1.54, 1.807) is 0 Å². The molecule has 1 fully saturated rings. The Morgan fingerprint density at radius 2 is 1.89 bits per heavy atom. The van der Waals surface area contributed by atoms with Crippen molar-refractivity contribution in [1.29, 1.82) is 0 Å². The summed E-state index contributed by atoms with van der Waals surface area (Å²) >= 11 is 3.48. The lowest BCUT2D eigenvalue weighted by molar-refractivity contribution is 0.251. The van der Waals surface area contributed by atoms with Gasteiger partial charge in [-0.05, 0) is 43.0 Å². The maximum Gasteiger partial charge on any atom is 0.0175 e. The van der Waals surface area contributed by atoms with Gasteiger partial charge in [-0.3, -0.25) is 0 Å². The van der Waals surface area contributed by atoms with Crippen LogP contribution >= 0.6 is 15.9 Å². The first kappa shape index (κ1) is 14.0. The van der Waals surface area contributed by atoms with E-state index < -0.39 is 0 Å². The first-order valence-electron chi connectivity index (χ1n) is 6.70. The summed E-state index contributed by atoms with van der Waals surface area (Å²) in [4.78, 5) is 0. The highest BCUT2D eigenvalue weighted by Gasteiger charge is 2.26. The Labute approximate surface area is 118 Å². The number of nitrogens with two attached hydrogens (primary N) is 1. The molecule has 1 aromatic carbocycles. The van der Waals surface area contributed by atoms with E-state index in [0.717, 1.165) is 23.5 Å². The molecular formula is C15H23BrN2. The number of benzene rings is 1. The summed E-state index contributed by atoms with van der Waals surface area (Å²) in [5.41, 5.74) is 7.35. The summed E-state index contributed by atoms with van der Waals surface area (Å²) < 4.78 is 1.14. The van der Waals surface area contributed by atoms with Crippen molar-refractivity contribution in [3.63, 3.8) is 0 Å². The van der Waals surface area contributed by atoms with Crippen LogP contribution < -0.4 is 11.1 Å². The Bertz CT molecular complexity index is 380. The number of hydrogen-bond donors (Lipinski definition) is 2. The van der Waals surface area contributed by atoms with Gasteiger partial charge in [-0.2, -0.15) is 0 Å². The Hall–Kier alpha value is -0.380. The zero-order valence-corrected chi connectivity index (χ0v) is 12.8. The second kappa shape index (κ2) is 5.72. The Balaban J connectivity index is 1.81. The summed E-state index contributed by atoms with van der Waals surface area (Å²) in [7, 11) is 0. The topological polar surface area (TPSA) is 38.0 Å². The summed E-state index contributed by atoms with van der Waals surface area (Å²) in [5.74, 6) is 0.792. The zero-order chi connectivity index (χ0) is 13.2. The van der Waals surface area contributed by atoms with Crippen molar-refractivity contribution < 1.29 is 0 Å². The minimum Gasteiger partial charge on any atom is -0.328 e. The van der Waals surface area contributed by atoms with Crippen molar-refractivity contribution in [2.75, 3.05) is 13.1 Å². The number of hydrogen-bond acceptors (Lipinski definition) is 2. The summed E-state index contributed by atoms with van der Waals surface area (Å²) in [5, 5.41) is 3.59. The van der Waals surface area contributed by atoms with Crippen LogP contribution in [0.3, 0.4) is 0 Å². The third kappa shape index (κ3) is 3.56. The summed E-state index contributed by atoms with van der Waals surface area (Å²) in [6.07, 6.45) is 2.37. The molecule has 0 bridgehead atoms. The minimum absolute atomic E-state index is 0.173. The molecule has 0 saturated heterocycles. The average molecular weight is 311 g/mol. The second-order valence-corrected chi connectivity index (χ2v) is 7.03. The molecule has 1 saturated carbocycles. The van der Waals surface area contributed by atoms with Crippen molar-refractivity contribution >= 4 is 15.9 Å². The standard InChI is InChI=1S/C15H23BrN2/c1-15(2,12-3-5-13(16)6-4-12)10-18-9-11-7-14(17)8-11/h3-6,11,14,18H,7-10,17H2,1-2H3. The van der Waals surface area contributed by atoms with Gasteiger partial charge in [-0.25, -0.2) is 0 Å². The summed E-state index contributed by atoms with van der Waals surface area (Å²) in [6.45, 7) is 6.69. The van der Waals surface area contributed by atoms with Crippen molar-refractivity contribution in [2.24, 2.45) is 11.7 Å². The smallest absolute Gasteiger partial charge is 0.0175 e. The fraction of sp³-hybridized carbons (Fsp3) is 0.600. The number of nitrogens with one attached hydrogen (secondary N) is 1. The molecular weight excluding hydrogens is 288 g/mol. The average Bonchev–Trinajstić information content (AvgIpc) is 2.27. The second-order valence-electron chi connectivity index (χ2n) is 6.12. The Kier molecular flexibility index (Phi) is 4.46. The molecule has 2 rings (SSSR count). The van der Waals surface area contributed by atoms with Gasteiger partial charge in [-0.15, -0.1) is 0 Å². The maximum absolute atomic E-state index is 5.80. The molecule has 0 heterocycles. The molecule has 0 aromatic heterocycles. The van der Waals surface area contributed by atoms with Gasteiger partial charge in [-0.1, -0.05) is 41.9 Å². The lowest BCUT2D eigenvalue weighted by Gasteiger charge is -2.34. The summed E-state index contributed by atoms with van der Waals surface area (Å²) in [6, 6.07) is 9.08. The molecule has 1 aliphatic carbocycles. The van der Waals surface area contributed by atoms with Gasteiger partial charge in [0.15, 0.2) is 0 Å². The zero-order valence-electron chi connectivity index (χ0n) is 11.2. The van der Waals surface area contributed by atoms with Crippen molar-refractivity contribution in [2.45, 2.75) is 38.1 Å². The minimum atomic E-state index is 0.173. The van der Waals surface area contributed by atoms with Gasteiger partial charge in [0.25, 0.3) is 0 Å². The quantitative estimate of drug-likeness (QED) is 0.877. The van der Waals surface area contributed by atoms with Crippen LogP contribution in [0.4, 0.5) is 0 Å². The van der Waals surface area contributed by atoms with Crippen molar-refractivity contribution in [1.82, 2.24) is 5.32 Å². The molecule has 0 radical (unpaired) electrons. The van der Waals surface area contributed by atoms with E-state index in [9.17, 15) is 0 Å². The SMILES string of the molecule is CC(C)(CNCC1CC(N)C1)c1ccc(Br)cc1. The third-order valence-corrected chi connectivity index (χ3v) is 4.43. The first-order valence-corrected chi connectivity index (χ1v) is 7.49. The van der Waals surface area contributed by atoms with Crippen LogP contribution in [0.15, 0.2) is 28.7 Å². The molecule has 1 aromatic rings. The van der Waals surface area contributed by atoms with Gasteiger partial charge in [0.05, 0.1) is 0 Å². The van der Waals surface area contributed by atoms with Crippen LogP contribution in [-0.2, 0) is 5.41 Å². The Morgan fingerprint density at radius 1 is 1.28 bits per heavy atom. The van der Waals surface area contributed by atoms with Crippen LogP contribution in [-0.4, -0.2) is 19.1 Å². The predicted octanol–water partition coefficient (Wildman–Crippen LogP) is 3.05. The van der Waals surface area contributed by atoms with E-state index in [1.165, 1.54) is 18.4 Å². The fourth-order valence-electron chi connectivity index (χ4n) is 2.55. The van der Waals surface area contributed by atoms with E-state index in [2.05, 4.69) is 59.4 Å². The molecule has 18 heavy (non-hydrogen) atoms. The van der Waals surface area contributed by atoms with Crippen LogP contribution in [0.25, 0.3) is 0 Å². The third-order valence-electron chi connectivity index (χ3n) is 3.90. The first-order chi connectivity index (χ1) is 8.47. The molecule has 1 aliphatic rings. The predicted molar refractivity (Wildman–Crippen MR) is 80.7 cm³/mol. The lowest BCUT2D eigenvalue weighted by Crippen LogP contribution is -2.43. The molecule has 100 valence electrons. The van der Waals surface area contributed by atoms with Crippen LogP contribution in [0.5, 0.6) is 0 Å². The maximum atomic E-state index is 5.80. The Morgan fingerprint density at radius 3 is 2.44 bits per heavy atom. The van der Waals surface area contributed by atoms with Crippen LogP contribution in [0, 0.1) is 5.92 Å². The van der Waals surface area contributed by atoms with Crippen molar-refractivity contribution in [3.8, 4) is 0 Å². The molecule has 0 aliphatic heterocycles. The van der Waals surface area contributed by atoms with E-state index in [-0.39, 0.29) is 5.41 Å². The van der Waals surface area contributed by atoms with Crippen LogP contribution in [0.2, 0.25) is 0 Å². The van der Waals surface area contributed by atoms with Gasteiger partial charge < -0.3 is 11.1 Å². The van der Waals surface area contributed by atoms with E-state index in [1.807, 2.05) is 0 Å². The molecule has 0 amide bonds. The van der Waals surface area contributed by atoms with Gasteiger partial charge >= 0.3 is 0 Å². The molecule has 0 unspecified atom stereocenters. The van der Waals surface area contributed by atoms with E-state index >= 15 is 0 Å². The molecule has 3 heteroatoms. The van der Waals surface area contributed by atoms with Crippen LogP contribution in [0.1, 0.15) is 32.3 Å². The highest BCUT2D eigenvalue weighted by atomic mass is 79.9. The van der Waals surface area contributed by atoms with E-state index in [0.29, 0.717) is 6.04 Å². The van der Waals surface area contributed by atoms with Gasteiger partial charge in [0, 0.05) is 22.5 Å². The highest BCUT2D eigenvalue weighted by Crippen LogP contribution is 2.26. The molecule has 0 atom stereocenters. The molecule has 0 spiro atoms. The van der Waals surface area contributed by atoms with Crippen molar-refractivity contribution in [3.05, 3.63) is 34.3 Å². The fourth-order valence-corrected chi connectivity index (χ4v) is 2.81. The molecule has 2 nitrogen and oxygen atoms in total.